The van der Waals surface area contributed by atoms with Crippen LogP contribution in [0.1, 0.15) is 18.4 Å². The fourth-order valence-electron chi connectivity index (χ4n) is 3.18. The van der Waals surface area contributed by atoms with Crippen molar-refractivity contribution < 1.29 is 18.4 Å². The van der Waals surface area contributed by atoms with E-state index in [1.807, 2.05) is 12.1 Å². The molecule has 0 radical (unpaired) electrons. The van der Waals surface area contributed by atoms with Crippen LogP contribution in [0.15, 0.2) is 42.7 Å². The topological polar surface area (TPSA) is 74.3 Å². The van der Waals surface area contributed by atoms with Crippen LogP contribution in [0.2, 0.25) is 0 Å². The molecule has 2 aromatic rings. The Labute approximate surface area is 162 Å². The van der Waals surface area contributed by atoms with Gasteiger partial charge < -0.3 is 10.6 Å². The second-order valence-corrected chi connectivity index (χ2v) is 6.86. The Morgan fingerprint density at radius 3 is 2.50 bits per heavy atom. The van der Waals surface area contributed by atoms with Crippen LogP contribution < -0.4 is 10.6 Å². The van der Waals surface area contributed by atoms with Crippen molar-refractivity contribution in [1.29, 1.82) is 0 Å². The molecule has 1 fully saturated rings. The molecule has 0 atom stereocenters. The van der Waals surface area contributed by atoms with E-state index in [2.05, 4.69) is 20.5 Å². The fourth-order valence-corrected chi connectivity index (χ4v) is 3.18. The van der Waals surface area contributed by atoms with E-state index >= 15 is 0 Å². The molecule has 2 heterocycles. The number of nitrogens with zero attached hydrogens (tertiary/aromatic N) is 2. The molecular weight excluding hydrogens is 366 g/mol. The van der Waals surface area contributed by atoms with Gasteiger partial charge in [-0.3, -0.25) is 19.5 Å². The molecule has 0 spiro atoms. The van der Waals surface area contributed by atoms with Crippen molar-refractivity contribution in [2.24, 2.45) is 5.92 Å². The summed E-state index contributed by atoms with van der Waals surface area (Å²) in [5, 5.41) is 4.67. The molecule has 3 rings (SSSR count). The number of carbonyl (C=O) groups is 2. The Bertz CT molecular complexity index is 824. The summed E-state index contributed by atoms with van der Waals surface area (Å²) in [5.74, 6) is -3.10. The van der Waals surface area contributed by atoms with Gasteiger partial charge in [-0.2, -0.15) is 0 Å². The number of likely N-dealkylation sites (tertiary alicyclic amines) is 1. The first-order valence-electron chi connectivity index (χ1n) is 9.17. The van der Waals surface area contributed by atoms with Crippen molar-refractivity contribution in [2.45, 2.75) is 19.4 Å². The van der Waals surface area contributed by atoms with E-state index in [9.17, 15) is 18.4 Å². The van der Waals surface area contributed by atoms with Crippen LogP contribution in [-0.2, 0) is 16.1 Å². The number of benzene rings is 1. The summed E-state index contributed by atoms with van der Waals surface area (Å²) in [6.07, 6.45) is 5.37. The van der Waals surface area contributed by atoms with Gasteiger partial charge in [0.05, 0.1) is 5.69 Å². The third-order valence-corrected chi connectivity index (χ3v) is 4.80. The number of anilines is 1. The molecule has 0 aliphatic carbocycles. The SMILES string of the molecule is O=C(NCC1CCN(Cc2ccncc2)CC1)C(=O)Nc1cc(F)ccc1F. The largest absolute Gasteiger partial charge is 0.348 e. The Kier molecular flexibility index (Phi) is 6.65. The van der Waals surface area contributed by atoms with Crippen LogP contribution in [0.5, 0.6) is 0 Å². The minimum Gasteiger partial charge on any atom is -0.348 e. The van der Waals surface area contributed by atoms with Crippen molar-refractivity contribution in [3.05, 3.63) is 59.9 Å². The second kappa shape index (κ2) is 9.36. The lowest BCUT2D eigenvalue weighted by molar-refractivity contribution is -0.136. The standard InChI is InChI=1S/C20H22F2N4O2/c21-16-1-2-17(22)18(11-16)25-20(28)19(27)24-12-14-5-9-26(10-6-14)13-15-3-7-23-8-4-15/h1-4,7-8,11,14H,5-6,9-10,12-13H2,(H,24,27)(H,25,28). The number of carbonyl (C=O) groups excluding carboxylic acids is 2. The van der Waals surface area contributed by atoms with E-state index in [1.54, 1.807) is 12.4 Å². The summed E-state index contributed by atoms with van der Waals surface area (Å²) in [6.45, 7) is 3.05. The first-order valence-corrected chi connectivity index (χ1v) is 9.17. The average Bonchev–Trinajstić information content (AvgIpc) is 2.70. The molecule has 1 aliphatic heterocycles. The number of pyridine rings is 1. The molecule has 0 bridgehead atoms. The maximum Gasteiger partial charge on any atom is 0.313 e. The molecule has 148 valence electrons. The Morgan fingerprint density at radius 1 is 1.07 bits per heavy atom. The highest BCUT2D eigenvalue weighted by atomic mass is 19.1. The normalized spacial score (nSPS) is 15.2. The number of halogens is 2. The third-order valence-electron chi connectivity index (χ3n) is 4.80. The Morgan fingerprint density at radius 2 is 1.79 bits per heavy atom. The Hall–Kier alpha value is -2.87. The molecule has 8 heteroatoms. The molecule has 1 saturated heterocycles. The van der Waals surface area contributed by atoms with Crippen LogP contribution in [-0.4, -0.2) is 41.3 Å². The van der Waals surface area contributed by atoms with Crippen molar-refractivity contribution in [2.75, 3.05) is 25.0 Å². The van der Waals surface area contributed by atoms with Crippen molar-refractivity contribution in [3.63, 3.8) is 0 Å². The molecule has 1 aliphatic rings. The van der Waals surface area contributed by atoms with Gasteiger partial charge in [-0.15, -0.1) is 0 Å². The molecule has 1 aromatic carbocycles. The lowest BCUT2D eigenvalue weighted by Crippen LogP contribution is -2.41. The predicted molar refractivity (Wildman–Crippen MR) is 100 cm³/mol. The quantitative estimate of drug-likeness (QED) is 0.771. The number of hydrogen-bond acceptors (Lipinski definition) is 4. The van der Waals surface area contributed by atoms with Crippen LogP contribution >= 0.6 is 0 Å². The Balaban J connectivity index is 1.40. The summed E-state index contributed by atoms with van der Waals surface area (Å²) in [5.41, 5.74) is 0.854. The van der Waals surface area contributed by atoms with Crippen LogP contribution in [0, 0.1) is 17.6 Å². The zero-order valence-corrected chi connectivity index (χ0v) is 15.3. The predicted octanol–water partition coefficient (Wildman–Crippen LogP) is 2.33. The van der Waals surface area contributed by atoms with Crippen LogP contribution in [0.25, 0.3) is 0 Å². The van der Waals surface area contributed by atoms with Gasteiger partial charge in [0.1, 0.15) is 11.6 Å². The summed E-state index contributed by atoms with van der Waals surface area (Å²) >= 11 is 0. The first kappa shape index (κ1) is 19.9. The van der Waals surface area contributed by atoms with E-state index < -0.39 is 23.4 Å². The van der Waals surface area contributed by atoms with E-state index in [0.717, 1.165) is 50.7 Å². The van der Waals surface area contributed by atoms with Crippen LogP contribution in [0.3, 0.4) is 0 Å². The zero-order valence-electron chi connectivity index (χ0n) is 15.3. The van der Waals surface area contributed by atoms with Gasteiger partial charge in [-0.1, -0.05) is 0 Å². The summed E-state index contributed by atoms with van der Waals surface area (Å²) < 4.78 is 26.7. The first-order chi connectivity index (χ1) is 13.5. The number of piperidine rings is 1. The van der Waals surface area contributed by atoms with Gasteiger partial charge in [0.25, 0.3) is 0 Å². The average molecular weight is 388 g/mol. The minimum absolute atomic E-state index is 0.274. The van der Waals surface area contributed by atoms with E-state index in [1.165, 1.54) is 5.56 Å². The molecule has 0 saturated carbocycles. The lowest BCUT2D eigenvalue weighted by Gasteiger charge is -2.32. The number of rotatable bonds is 5. The third kappa shape index (κ3) is 5.56. The maximum atomic E-state index is 13.5. The van der Waals surface area contributed by atoms with E-state index in [-0.39, 0.29) is 11.6 Å². The molecule has 1 aromatic heterocycles. The number of aromatic nitrogens is 1. The molecule has 2 amide bonds. The highest BCUT2D eigenvalue weighted by Gasteiger charge is 2.22. The smallest absolute Gasteiger partial charge is 0.313 e. The van der Waals surface area contributed by atoms with Crippen molar-refractivity contribution >= 4 is 17.5 Å². The van der Waals surface area contributed by atoms with Gasteiger partial charge in [0.2, 0.25) is 0 Å². The van der Waals surface area contributed by atoms with Crippen molar-refractivity contribution in [1.82, 2.24) is 15.2 Å². The van der Waals surface area contributed by atoms with Crippen LogP contribution in [0.4, 0.5) is 14.5 Å². The molecule has 28 heavy (non-hydrogen) atoms. The van der Waals surface area contributed by atoms with Gasteiger partial charge >= 0.3 is 11.8 Å². The monoisotopic (exact) mass is 388 g/mol. The van der Waals surface area contributed by atoms with Gasteiger partial charge in [0.15, 0.2) is 0 Å². The number of hydrogen-bond donors (Lipinski definition) is 2. The summed E-state index contributed by atoms with van der Waals surface area (Å²) in [6, 6.07) is 6.65. The molecule has 6 nitrogen and oxygen atoms in total. The highest BCUT2D eigenvalue weighted by molar-refractivity contribution is 6.39. The number of amides is 2. The molecule has 0 unspecified atom stereocenters. The van der Waals surface area contributed by atoms with Crippen molar-refractivity contribution in [3.8, 4) is 0 Å². The highest BCUT2D eigenvalue weighted by Crippen LogP contribution is 2.18. The van der Waals surface area contributed by atoms with Gasteiger partial charge in [0, 0.05) is 31.5 Å². The number of nitrogens with one attached hydrogen (secondary N) is 2. The van der Waals surface area contributed by atoms with E-state index in [0.29, 0.717) is 6.54 Å². The zero-order chi connectivity index (χ0) is 19.9. The molecule has 2 N–H and O–H groups in total. The second-order valence-electron chi connectivity index (χ2n) is 6.86. The summed E-state index contributed by atoms with van der Waals surface area (Å²) in [7, 11) is 0. The van der Waals surface area contributed by atoms with E-state index in [4.69, 9.17) is 0 Å². The van der Waals surface area contributed by atoms with Gasteiger partial charge in [-0.05, 0) is 61.7 Å². The fraction of sp³-hybridized carbons (Fsp3) is 0.350. The molecular formula is C20H22F2N4O2. The van der Waals surface area contributed by atoms with Gasteiger partial charge in [-0.25, -0.2) is 8.78 Å². The lowest BCUT2D eigenvalue weighted by atomic mass is 9.96. The minimum atomic E-state index is -1.01. The summed E-state index contributed by atoms with van der Waals surface area (Å²) in [4.78, 5) is 30.2. The maximum absolute atomic E-state index is 13.5.